The summed E-state index contributed by atoms with van der Waals surface area (Å²) in [6.07, 6.45) is 2.03. The fraction of sp³-hybridized carbons (Fsp3) is 0.250. The van der Waals surface area contributed by atoms with E-state index in [1.165, 1.54) is 5.56 Å². The number of nitrogen functional groups attached to an aromatic ring is 1. The average Bonchev–Trinajstić information content (AvgIpc) is 3.23. The predicted octanol–water partition coefficient (Wildman–Crippen LogP) is 2.44. The molecule has 1 aromatic carbocycles. The lowest BCUT2D eigenvalue weighted by atomic mass is 10.1. The van der Waals surface area contributed by atoms with Crippen LogP contribution >= 0.6 is 0 Å². The van der Waals surface area contributed by atoms with Crippen molar-refractivity contribution in [1.82, 2.24) is 4.57 Å². The molecule has 1 aliphatic carbocycles. The molecule has 2 aromatic rings. The van der Waals surface area contributed by atoms with Crippen LogP contribution in [0.2, 0.25) is 0 Å². The Morgan fingerprint density at radius 1 is 1.20 bits per heavy atom. The highest BCUT2D eigenvalue weighted by atomic mass is 16.1. The highest BCUT2D eigenvalue weighted by molar-refractivity contribution is 5.94. The summed E-state index contributed by atoms with van der Waals surface area (Å²) >= 11 is 0. The molecule has 1 saturated carbocycles. The summed E-state index contributed by atoms with van der Waals surface area (Å²) < 4.78 is 1.79. The number of hydrogen-bond acceptors (Lipinski definition) is 2. The number of rotatable bonds is 3. The maximum Gasteiger partial charge on any atom is 0.262 e. The molecule has 3 rings (SSSR count). The third-order valence-electron chi connectivity index (χ3n) is 3.67. The van der Waals surface area contributed by atoms with Crippen molar-refractivity contribution in [2.45, 2.75) is 25.8 Å². The third kappa shape index (κ3) is 2.13. The average molecular weight is 267 g/mol. The maximum absolute atomic E-state index is 12.5. The van der Waals surface area contributed by atoms with Crippen LogP contribution in [0.1, 0.15) is 30.0 Å². The van der Waals surface area contributed by atoms with Crippen molar-refractivity contribution >= 4 is 5.84 Å². The smallest absolute Gasteiger partial charge is 0.262 e. The van der Waals surface area contributed by atoms with Gasteiger partial charge in [-0.1, -0.05) is 29.8 Å². The van der Waals surface area contributed by atoms with Crippen molar-refractivity contribution in [3.05, 3.63) is 57.9 Å². The number of aromatic nitrogens is 1. The van der Waals surface area contributed by atoms with Crippen LogP contribution in [0, 0.1) is 12.3 Å². The molecule has 0 atom stereocenters. The van der Waals surface area contributed by atoms with Crippen LogP contribution in [-0.2, 0) is 0 Å². The van der Waals surface area contributed by atoms with E-state index in [2.05, 4.69) is 0 Å². The van der Waals surface area contributed by atoms with E-state index in [1.807, 2.05) is 37.3 Å². The summed E-state index contributed by atoms with van der Waals surface area (Å²) in [4.78, 5) is 12.5. The van der Waals surface area contributed by atoms with Crippen LogP contribution in [0.4, 0.5) is 0 Å². The van der Waals surface area contributed by atoms with E-state index in [0.717, 1.165) is 24.1 Å². The molecule has 1 aliphatic rings. The Hall–Kier alpha value is -2.36. The monoisotopic (exact) mass is 267 g/mol. The zero-order chi connectivity index (χ0) is 14.3. The van der Waals surface area contributed by atoms with Crippen LogP contribution in [0.25, 0.3) is 11.3 Å². The highest BCUT2D eigenvalue weighted by Gasteiger charge is 2.28. The van der Waals surface area contributed by atoms with Gasteiger partial charge in [-0.2, -0.15) is 0 Å². The molecule has 0 aliphatic heterocycles. The van der Waals surface area contributed by atoms with E-state index < -0.39 is 0 Å². The van der Waals surface area contributed by atoms with Gasteiger partial charge in [-0.15, -0.1) is 0 Å². The van der Waals surface area contributed by atoms with Crippen molar-refractivity contribution in [2.75, 3.05) is 0 Å². The van der Waals surface area contributed by atoms with Gasteiger partial charge in [0, 0.05) is 6.04 Å². The zero-order valence-electron chi connectivity index (χ0n) is 11.4. The Bertz CT molecular complexity index is 724. The number of benzene rings is 1. The largest absolute Gasteiger partial charge is 0.384 e. The van der Waals surface area contributed by atoms with Gasteiger partial charge in [-0.25, -0.2) is 0 Å². The topological polar surface area (TPSA) is 71.9 Å². The molecular formula is C16H17N3O. The first-order valence-electron chi connectivity index (χ1n) is 6.75. The number of nitrogens with two attached hydrogens (primary N) is 1. The first-order valence-corrected chi connectivity index (χ1v) is 6.75. The normalized spacial score (nSPS) is 14.2. The van der Waals surface area contributed by atoms with E-state index >= 15 is 0 Å². The molecule has 0 radical (unpaired) electrons. The number of aryl methyl sites for hydroxylation is 1. The Balaban J connectivity index is 2.21. The second kappa shape index (κ2) is 4.63. The van der Waals surface area contributed by atoms with Crippen LogP contribution in [0.15, 0.2) is 41.2 Å². The lowest BCUT2D eigenvalue weighted by Crippen LogP contribution is -2.29. The Morgan fingerprint density at radius 2 is 1.85 bits per heavy atom. The van der Waals surface area contributed by atoms with Gasteiger partial charge < -0.3 is 10.3 Å². The molecule has 4 nitrogen and oxygen atoms in total. The lowest BCUT2D eigenvalue weighted by Gasteiger charge is -2.14. The molecule has 1 fully saturated rings. The molecule has 102 valence electrons. The van der Waals surface area contributed by atoms with Gasteiger partial charge in [-0.3, -0.25) is 10.2 Å². The molecule has 1 heterocycles. The summed E-state index contributed by atoms with van der Waals surface area (Å²) in [6, 6.07) is 11.9. The van der Waals surface area contributed by atoms with Gasteiger partial charge >= 0.3 is 0 Å². The van der Waals surface area contributed by atoms with Crippen LogP contribution in [-0.4, -0.2) is 10.4 Å². The molecule has 20 heavy (non-hydrogen) atoms. The van der Waals surface area contributed by atoms with Crippen LogP contribution in [0.5, 0.6) is 0 Å². The number of amidine groups is 1. The molecule has 0 saturated heterocycles. The van der Waals surface area contributed by atoms with Crippen molar-refractivity contribution in [3.8, 4) is 11.3 Å². The van der Waals surface area contributed by atoms with E-state index in [-0.39, 0.29) is 23.0 Å². The van der Waals surface area contributed by atoms with Gasteiger partial charge in [0.15, 0.2) is 0 Å². The van der Waals surface area contributed by atoms with Crippen molar-refractivity contribution in [1.29, 1.82) is 5.41 Å². The molecule has 3 N–H and O–H groups in total. The van der Waals surface area contributed by atoms with E-state index in [9.17, 15) is 4.79 Å². The Labute approximate surface area is 117 Å². The fourth-order valence-corrected chi connectivity index (χ4v) is 2.41. The third-order valence-corrected chi connectivity index (χ3v) is 3.67. The molecule has 4 heteroatoms. The van der Waals surface area contributed by atoms with Gasteiger partial charge in [0.25, 0.3) is 5.56 Å². The van der Waals surface area contributed by atoms with Gasteiger partial charge in [0.2, 0.25) is 0 Å². The Morgan fingerprint density at radius 3 is 2.40 bits per heavy atom. The minimum atomic E-state index is -0.167. The predicted molar refractivity (Wildman–Crippen MR) is 80.2 cm³/mol. The minimum Gasteiger partial charge on any atom is -0.384 e. The molecule has 1 aromatic heterocycles. The molecule has 0 unspecified atom stereocenters. The van der Waals surface area contributed by atoms with Crippen molar-refractivity contribution in [2.24, 2.45) is 5.73 Å². The van der Waals surface area contributed by atoms with Crippen LogP contribution in [0.3, 0.4) is 0 Å². The molecule has 0 spiro atoms. The minimum absolute atomic E-state index is 0.155. The summed E-state index contributed by atoms with van der Waals surface area (Å²) in [5, 5.41) is 7.50. The van der Waals surface area contributed by atoms with Gasteiger partial charge in [-0.05, 0) is 37.5 Å². The first-order chi connectivity index (χ1) is 9.58. The summed E-state index contributed by atoms with van der Waals surface area (Å²) in [5.41, 5.74) is 8.73. The summed E-state index contributed by atoms with van der Waals surface area (Å²) in [7, 11) is 0. The van der Waals surface area contributed by atoms with Gasteiger partial charge in [0.05, 0.1) is 11.3 Å². The highest BCUT2D eigenvalue weighted by Crippen LogP contribution is 2.37. The van der Waals surface area contributed by atoms with E-state index in [1.54, 1.807) is 10.6 Å². The quantitative estimate of drug-likeness (QED) is 0.662. The summed E-state index contributed by atoms with van der Waals surface area (Å²) in [5.74, 6) is -0.167. The molecular weight excluding hydrogens is 250 g/mol. The number of nitrogens with one attached hydrogen (secondary N) is 1. The maximum atomic E-state index is 12.5. The Kier molecular flexibility index (Phi) is 2.93. The number of nitrogens with zero attached hydrogens (tertiary/aromatic N) is 1. The zero-order valence-corrected chi connectivity index (χ0v) is 11.4. The second-order valence-electron chi connectivity index (χ2n) is 5.32. The van der Waals surface area contributed by atoms with E-state index in [0.29, 0.717) is 0 Å². The first kappa shape index (κ1) is 12.7. The second-order valence-corrected chi connectivity index (χ2v) is 5.32. The fourth-order valence-electron chi connectivity index (χ4n) is 2.41. The van der Waals surface area contributed by atoms with E-state index in [4.69, 9.17) is 11.1 Å². The molecule has 0 amide bonds. The van der Waals surface area contributed by atoms with Crippen molar-refractivity contribution < 1.29 is 0 Å². The van der Waals surface area contributed by atoms with Crippen molar-refractivity contribution in [3.63, 3.8) is 0 Å². The standard InChI is InChI=1S/C16H17N3O/c1-10-2-4-11(5-3-10)14-9-8-13(15(17)18)16(20)19(14)12-6-7-12/h2-5,8-9,12H,6-7H2,1H3,(H3,17,18). The van der Waals surface area contributed by atoms with Crippen LogP contribution < -0.4 is 11.3 Å². The SMILES string of the molecule is Cc1ccc(-c2ccc(C(=N)N)c(=O)n2C2CC2)cc1. The molecule has 0 bridgehead atoms. The lowest BCUT2D eigenvalue weighted by molar-refractivity contribution is 0.714. The van der Waals surface area contributed by atoms with Gasteiger partial charge in [0.1, 0.15) is 5.84 Å². The summed E-state index contributed by atoms with van der Waals surface area (Å²) in [6.45, 7) is 2.04. The number of pyridine rings is 1. The number of hydrogen-bond donors (Lipinski definition) is 2.